The van der Waals surface area contributed by atoms with Gasteiger partial charge < -0.3 is 4.74 Å². The summed E-state index contributed by atoms with van der Waals surface area (Å²) in [6, 6.07) is 9.80. The van der Waals surface area contributed by atoms with E-state index in [1.807, 2.05) is 37.3 Å². The molecule has 1 fully saturated rings. The molecule has 0 saturated carbocycles. The van der Waals surface area contributed by atoms with E-state index < -0.39 is 6.09 Å². The number of carbonyl (C=O) groups excluding carboxylic acids is 2. The van der Waals surface area contributed by atoms with Crippen LogP contribution in [0.2, 0.25) is 0 Å². The number of cyclic esters (lactones) is 1. The molecule has 1 saturated heterocycles. The lowest BCUT2D eigenvalue weighted by Crippen LogP contribution is -2.32. The molecular formula is C13H15NO3. The summed E-state index contributed by atoms with van der Waals surface area (Å²) in [7, 11) is 0. The topological polar surface area (TPSA) is 46.6 Å². The number of nitrogens with zero attached hydrogens (tertiary/aromatic N) is 1. The zero-order valence-electron chi connectivity index (χ0n) is 9.76. The molecule has 1 heterocycles. The second-order valence-corrected chi connectivity index (χ2v) is 4.18. The van der Waals surface area contributed by atoms with Crippen LogP contribution >= 0.6 is 0 Å². The van der Waals surface area contributed by atoms with Crippen LogP contribution in [-0.2, 0) is 9.53 Å². The summed E-state index contributed by atoms with van der Waals surface area (Å²) >= 11 is 0. The molecule has 1 aliphatic rings. The Bertz CT molecular complexity index is 416. The standard InChI is InChI=1S/C13H15NO3/c1-10(11-5-3-2-4-6-11)9-12(15)14-7-8-17-13(14)16/h2-6,10H,7-9H2,1H3/t10-/m0/s1. The van der Waals surface area contributed by atoms with E-state index in [9.17, 15) is 9.59 Å². The van der Waals surface area contributed by atoms with Crippen molar-refractivity contribution in [1.29, 1.82) is 0 Å². The van der Waals surface area contributed by atoms with E-state index in [-0.39, 0.29) is 11.8 Å². The van der Waals surface area contributed by atoms with Crippen molar-refractivity contribution in [2.45, 2.75) is 19.3 Å². The number of rotatable bonds is 3. The summed E-state index contributed by atoms with van der Waals surface area (Å²) in [5.41, 5.74) is 1.11. The highest BCUT2D eigenvalue weighted by Crippen LogP contribution is 2.20. The lowest BCUT2D eigenvalue weighted by Gasteiger charge is -2.15. The molecule has 0 unspecified atom stereocenters. The summed E-state index contributed by atoms with van der Waals surface area (Å²) < 4.78 is 4.74. The van der Waals surface area contributed by atoms with Gasteiger partial charge in [0.2, 0.25) is 5.91 Å². The SMILES string of the molecule is C[C@@H](CC(=O)N1CCOC1=O)c1ccccc1. The molecule has 4 nitrogen and oxygen atoms in total. The zero-order chi connectivity index (χ0) is 12.3. The average Bonchev–Trinajstić information content (AvgIpc) is 2.76. The van der Waals surface area contributed by atoms with Crippen molar-refractivity contribution in [1.82, 2.24) is 4.90 Å². The Morgan fingerprint density at radius 1 is 1.41 bits per heavy atom. The molecule has 17 heavy (non-hydrogen) atoms. The molecule has 0 aliphatic carbocycles. The Morgan fingerprint density at radius 3 is 2.71 bits per heavy atom. The molecule has 1 aromatic carbocycles. The minimum Gasteiger partial charge on any atom is -0.447 e. The molecule has 0 radical (unpaired) electrons. The van der Waals surface area contributed by atoms with Gasteiger partial charge in [-0.1, -0.05) is 37.3 Å². The first kappa shape index (κ1) is 11.6. The van der Waals surface area contributed by atoms with E-state index in [0.717, 1.165) is 5.56 Å². The molecule has 2 amide bonds. The van der Waals surface area contributed by atoms with E-state index >= 15 is 0 Å². The maximum absolute atomic E-state index is 11.9. The van der Waals surface area contributed by atoms with Crippen LogP contribution in [0.3, 0.4) is 0 Å². The molecule has 1 aromatic rings. The highest BCUT2D eigenvalue weighted by molar-refractivity contribution is 5.93. The van der Waals surface area contributed by atoms with Crippen LogP contribution < -0.4 is 0 Å². The first-order chi connectivity index (χ1) is 8.18. The molecule has 2 rings (SSSR count). The van der Waals surface area contributed by atoms with Gasteiger partial charge in [-0.05, 0) is 11.5 Å². The van der Waals surface area contributed by atoms with E-state index in [4.69, 9.17) is 4.74 Å². The summed E-state index contributed by atoms with van der Waals surface area (Å²) in [5, 5.41) is 0. The van der Waals surface area contributed by atoms with E-state index in [1.165, 1.54) is 4.90 Å². The predicted octanol–water partition coefficient (Wildman–Crippen LogP) is 2.16. The molecule has 4 heteroatoms. The van der Waals surface area contributed by atoms with E-state index in [2.05, 4.69) is 0 Å². The molecular weight excluding hydrogens is 218 g/mol. The average molecular weight is 233 g/mol. The number of hydrogen-bond acceptors (Lipinski definition) is 3. The number of imide groups is 1. The molecule has 1 aliphatic heterocycles. The minimum atomic E-state index is -0.518. The Labute approximate surface area is 100 Å². The molecule has 0 aromatic heterocycles. The fourth-order valence-corrected chi connectivity index (χ4v) is 1.89. The number of carbonyl (C=O) groups is 2. The smallest absolute Gasteiger partial charge is 0.416 e. The zero-order valence-corrected chi connectivity index (χ0v) is 9.76. The molecule has 90 valence electrons. The van der Waals surface area contributed by atoms with Gasteiger partial charge in [-0.25, -0.2) is 9.69 Å². The van der Waals surface area contributed by atoms with Crippen LogP contribution in [0.5, 0.6) is 0 Å². The minimum absolute atomic E-state index is 0.108. The maximum Gasteiger partial charge on any atom is 0.416 e. The lowest BCUT2D eigenvalue weighted by atomic mass is 9.97. The van der Waals surface area contributed by atoms with Crippen LogP contribution in [0, 0.1) is 0 Å². The Kier molecular flexibility index (Phi) is 3.42. The maximum atomic E-state index is 11.9. The van der Waals surface area contributed by atoms with Crippen LogP contribution in [0.4, 0.5) is 4.79 Å². The molecule has 1 atom stereocenters. The van der Waals surface area contributed by atoms with Crippen molar-refractivity contribution in [3.05, 3.63) is 35.9 Å². The largest absolute Gasteiger partial charge is 0.447 e. The summed E-state index contributed by atoms with van der Waals surface area (Å²) in [6.07, 6.45) is -0.186. The van der Waals surface area contributed by atoms with Crippen LogP contribution in [-0.4, -0.2) is 30.1 Å². The molecule has 0 bridgehead atoms. The quantitative estimate of drug-likeness (QED) is 0.803. The van der Waals surface area contributed by atoms with Crippen molar-refractivity contribution >= 4 is 12.0 Å². The first-order valence-electron chi connectivity index (χ1n) is 5.70. The van der Waals surface area contributed by atoms with Crippen LogP contribution in [0.1, 0.15) is 24.8 Å². The summed E-state index contributed by atoms with van der Waals surface area (Å²) in [6.45, 7) is 2.66. The second kappa shape index (κ2) is 4.99. The van der Waals surface area contributed by atoms with Crippen LogP contribution in [0.25, 0.3) is 0 Å². The fourth-order valence-electron chi connectivity index (χ4n) is 1.89. The highest BCUT2D eigenvalue weighted by atomic mass is 16.6. The van der Waals surface area contributed by atoms with E-state index in [1.54, 1.807) is 0 Å². The van der Waals surface area contributed by atoms with Gasteiger partial charge in [-0.15, -0.1) is 0 Å². The van der Waals surface area contributed by atoms with Gasteiger partial charge in [0.1, 0.15) is 6.61 Å². The number of amides is 2. The van der Waals surface area contributed by atoms with Gasteiger partial charge in [-0.2, -0.15) is 0 Å². The normalized spacial score (nSPS) is 16.8. The van der Waals surface area contributed by atoms with Crippen LogP contribution in [0.15, 0.2) is 30.3 Å². The third kappa shape index (κ3) is 2.64. The molecule has 0 spiro atoms. The number of hydrogen-bond donors (Lipinski definition) is 0. The second-order valence-electron chi connectivity index (χ2n) is 4.18. The monoisotopic (exact) mass is 233 g/mol. The van der Waals surface area contributed by atoms with Gasteiger partial charge in [0.15, 0.2) is 0 Å². The van der Waals surface area contributed by atoms with Crippen molar-refractivity contribution in [3.63, 3.8) is 0 Å². The fraction of sp³-hybridized carbons (Fsp3) is 0.385. The Hall–Kier alpha value is -1.84. The Balaban J connectivity index is 1.97. The lowest BCUT2D eigenvalue weighted by molar-refractivity contribution is -0.128. The summed E-state index contributed by atoms with van der Waals surface area (Å²) in [5.74, 6) is -0.0547. The van der Waals surface area contributed by atoms with Gasteiger partial charge in [0.25, 0.3) is 0 Å². The van der Waals surface area contributed by atoms with Crippen molar-refractivity contribution in [3.8, 4) is 0 Å². The van der Waals surface area contributed by atoms with Gasteiger partial charge in [0.05, 0.1) is 6.54 Å². The van der Waals surface area contributed by atoms with Crippen molar-refractivity contribution in [2.24, 2.45) is 0 Å². The van der Waals surface area contributed by atoms with Gasteiger partial charge in [0, 0.05) is 6.42 Å². The number of ether oxygens (including phenoxy) is 1. The number of benzene rings is 1. The first-order valence-corrected chi connectivity index (χ1v) is 5.70. The highest BCUT2D eigenvalue weighted by Gasteiger charge is 2.29. The Morgan fingerprint density at radius 2 is 2.12 bits per heavy atom. The third-order valence-corrected chi connectivity index (χ3v) is 2.91. The van der Waals surface area contributed by atoms with Crippen molar-refractivity contribution < 1.29 is 14.3 Å². The molecule has 0 N–H and O–H groups in total. The summed E-state index contributed by atoms with van der Waals surface area (Å²) in [4.78, 5) is 24.3. The van der Waals surface area contributed by atoms with E-state index in [0.29, 0.717) is 19.6 Å². The van der Waals surface area contributed by atoms with Gasteiger partial charge >= 0.3 is 6.09 Å². The third-order valence-electron chi connectivity index (χ3n) is 2.91. The van der Waals surface area contributed by atoms with Gasteiger partial charge in [-0.3, -0.25) is 4.79 Å². The predicted molar refractivity (Wildman–Crippen MR) is 62.5 cm³/mol. The van der Waals surface area contributed by atoms with Crippen molar-refractivity contribution in [2.75, 3.05) is 13.2 Å².